The minimum atomic E-state index is -0.703. The molecule has 1 fully saturated rings. The summed E-state index contributed by atoms with van der Waals surface area (Å²) in [7, 11) is 0. The number of H-pyrrole nitrogens is 1. The highest BCUT2D eigenvalue weighted by Crippen LogP contribution is 2.40. The number of nitrogens with zero attached hydrogens (tertiary/aromatic N) is 3. The summed E-state index contributed by atoms with van der Waals surface area (Å²) in [5.41, 5.74) is 2.36. The summed E-state index contributed by atoms with van der Waals surface area (Å²) >= 11 is 0. The number of carbonyl (C=O) groups excluding carboxylic acids is 1. The van der Waals surface area contributed by atoms with Crippen LogP contribution in [0.4, 0.5) is 5.82 Å². The highest BCUT2D eigenvalue weighted by atomic mass is 16.5. The quantitative estimate of drug-likeness (QED) is 0.639. The molecular formula is C23H25N5O3. The third kappa shape index (κ3) is 4.10. The zero-order valence-electron chi connectivity index (χ0n) is 17.4. The van der Waals surface area contributed by atoms with Gasteiger partial charge in [0.2, 0.25) is 5.95 Å². The fourth-order valence-corrected chi connectivity index (χ4v) is 3.90. The van der Waals surface area contributed by atoms with Gasteiger partial charge in [-0.2, -0.15) is 9.78 Å². The smallest absolute Gasteiger partial charge is 0.266 e. The molecule has 3 aromatic rings. The number of amides is 1. The zero-order valence-corrected chi connectivity index (χ0v) is 17.4. The Bertz CT molecular complexity index is 1160. The lowest BCUT2D eigenvalue weighted by molar-refractivity contribution is -0.122. The van der Waals surface area contributed by atoms with Crippen molar-refractivity contribution >= 4 is 11.7 Å². The van der Waals surface area contributed by atoms with Crippen molar-refractivity contribution in [3.8, 4) is 11.7 Å². The first-order chi connectivity index (χ1) is 15.1. The summed E-state index contributed by atoms with van der Waals surface area (Å²) in [4.78, 5) is 33.0. The van der Waals surface area contributed by atoms with Gasteiger partial charge in [-0.15, -0.1) is 0 Å². The van der Waals surface area contributed by atoms with Gasteiger partial charge in [0, 0.05) is 17.5 Å². The number of anilines is 1. The van der Waals surface area contributed by atoms with E-state index in [-0.39, 0.29) is 11.5 Å². The van der Waals surface area contributed by atoms with Gasteiger partial charge < -0.3 is 10.1 Å². The van der Waals surface area contributed by atoms with Crippen LogP contribution in [-0.2, 0) is 17.6 Å². The first-order valence-corrected chi connectivity index (χ1v) is 10.8. The number of carbonyl (C=O) groups is 1. The molecule has 2 N–H and O–H groups in total. The molecule has 31 heavy (non-hydrogen) atoms. The number of hydrogen-bond donors (Lipinski definition) is 2. The lowest BCUT2D eigenvalue weighted by Crippen LogP contribution is -2.31. The fourth-order valence-electron chi connectivity index (χ4n) is 3.90. The summed E-state index contributed by atoms with van der Waals surface area (Å²) in [6, 6.07) is 11.1. The standard InChI is InChI=1S/C23H25N5O3/c1-14(31-16-7-3-2-4-8-16)21(29)25-20-13-19(15-11-12-15)27-28(20)23-24-18-10-6-5-9-17(18)22(30)26-23/h2-4,7-8,13-15H,5-6,9-12H2,1H3,(H,25,29)(H,24,26,30)/t14-/m1/s1. The van der Waals surface area contributed by atoms with Crippen LogP contribution >= 0.6 is 0 Å². The molecule has 0 saturated heterocycles. The molecule has 1 aromatic carbocycles. The van der Waals surface area contributed by atoms with Crippen molar-refractivity contribution in [1.29, 1.82) is 0 Å². The molecule has 0 unspecified atom stereocenters. The van der Waals surface area contributed by atoms with E-state index in [2.05, 4.69) is 20.4 Å². The molecule has 2 heterocycles. The Kier molecular flexibility index (Phi) is 5.05. The van der Waals surface area contributed by atoms with E-state index in [1.165, 1.54) is 4.68 Å². The summed E-state index contributed by atoms with van der Waals surface area (Å²) in [5, 5.41) is 7.56. The maximum absolute atomic E-state index is 12.8. The Morgan fingerprint density at radius 1 is 1.23 bits per heavy atom. The first-order valence-electron chi connectivity index (χ1n) is 10.8. The summed E-state index contributed by atoms with van der Waals surface area (Å²) in [5.74, 6) is 1.53. The molecule has 2 aromatic heterocycles. The molecule has 0 spiro atoms. The summed E-state index contributed by atoms with van der Waals surface area (Å²) in [6.45, 7) is 1.70. The minimum Gasteiger partial charge on any atom is -0.481 e. The number of nitrogens with one attached hydrogen (secondary N) is 2. The van der Waals surface area contributed by atoms with Crippen LogP contribution in [0.25, 0.3) is 5.95 Å². The Labute approximate surface area is 179 Å². The van der Waals surface area contributed by atoms with Crippen LogP contribution in [0.3, 0.4) is 0 Å². The summed E-state index contributed by atoms with van der Waals surface area (Å²) in [6.07, 6.45) is 5.01. The highest BCUT2D eigenvalue weighted by Gasteiger charge is 2.29. The molecule has 2 aliphatic rings. The number of aromatic amines is 1. The van der Waals surface area contributed by atoms with Gasteiger partial charge in [0.25, 0.3) is 11.5 Å². The van der Waals surface area contributed by atoms with Gasteiger partial charge >= 0.3 is 0 Å². The molecule has 160 valence electrons. The predicted octanol–water partition coefficient (Wildman–Crippen LogP) is 3.12. The van der Waals surface area contributed by atoms with E-state index < -0.39 is 6.10 Å². The molecule has 0 radical (unpaired) electrons. The van der Waals surface area contributed by atoms with Gasteiger partial charge in [-0.3, -0.25) is 14.6 Å². The van der Waals surface area contributed by atoms with E-state index in [1.807, 2.05) is 24.3 Å². The molecule has 1 atom stereocenters. The highest BCUT2D eigenvalue weighted by molar-refractivity contribution is 5.93. The minimum absolute atomic E-state index is 0.124. The lowest BCUT2D eigenvalue weighted by Gasteiger charge is -2.17. The van der Waals surface area contributed by atoms with E-state index in [1.54, 1.807) is 19.1 Å². The zero-order chi connectivity index (χ0) is 21.4. The SMILES string of the molecule is C[C@@H](Oc1ccccc1)C(=O)Nc1cc(C2CC2)nn1-c1nc2c(c(=O)[nH]1)CCCC2. The molecule has 8 nitrogen and oxygen atoms in total. The van der Waals surface area contributed by atoms with Gasteiger partial charge in [0.1, 0.15) is 11.6 Å². The monoisotopic (exact) mass is 419 g/mol. The third-order valence-corrected chi connectivity index (χ3v) is 5.78. The number of rotatable bonds is 6. The Morgan fingerprint density at radius 2 is 2.00 bits per heavy atom. The van der Waals surface area contributed by atoms with Gasteiger partial charge in [-0.1, -0.05) is 18.2 Å². The van der Waals surface area contributed by atoms with Gasteiger partial charge in [-0.05, 0) is 57.6 Å². The largest absolute Gasteiger partial charge is 0.481 e. The van der Waals surface area contributed by atoms with Gasteiger partial charge in [0.05, 0.1) is 11.4 Å². The van der Waals surface area contributed by atoms with Crippen molar-refractivity contribution in [3.05, 3.63) is 63.7 Å². The molecule has 0 bridgehead atoms. The molecule has 8 heteroatoms. The third-order valence-electron chi connectivity index (χ3n) is 5.78. The molecular weight excluding hydrogens is 394 g/mol. The number of benzene rings is 1. The van der Waals surface area contributed by atoms with Crippen molar-refractivity contribution in [2.24, 2.45) is 0 Å². The van der Waals surface area contributed by atoms with Gasteiger partial charge in [0.15, 0.2) is 6.10 Å². The van der Waals surface area contributed by atoms with Crippen LogP contribution in [0.1, 0.15) is 55.5 Å². The maximum atomic E-state index is 12.8. The number of fused-ring (bicyclic) bond motifs is 1. The van der Waals surface area contributed by atoms with Crippen molar-refractivity contribution in [1.82, 2.24) is 19.7 Å². The van der Waals surface area contributed by atoms with Crippen molar-refractivity contribution in [2.75, 3.05) is 5.32 Å². The average Bonchev–Trinajstić information content (AvgIpc) is 3.55. The van der Waals surface area contributed by atoms with Crippen LogP contribution in [0.5, 0.6) is 5.75 Å². The maximum Gasteiger partial charge on any atom is 0.266 e. The molecule has 5 rings (SSSR count). The van der Waals surface area contributed by atoms with Crippen molar-refractivity contribution in [2.45, 2.75) is 57.5 Å². The fraction of sp³-hybridized carbons (Fsp3) is 0.391. The Balaban J connectivity index is 1.43. The number of ether oxygens (including phenoxy) is 1. The Hall–Kier alpha value is -3.42. The number of aryl methyl sites for hydroxylation is 1. The van der Waals surface area contributed by atoms with Crippen LogP contribution in [0.15, 0.2) is 41.2 Å². The second-order valence-electron chi connectivity index (χ2n) is 8.22. The number of hydrogen-bond acceptors (Lipinski definition) is 5. The average molecular weight is 419 g/mol. The predicted molar refractivity (Wildman–Crippen MR) is 116 cm³/mol. The Morgan fingerprint density at radius 3 is 2.77 bits per heavy atom. The summed E-state index contributed by atoms with van der Waals surface area (Å²) < 4.78 is 7.28. The van der Waals surface area contributed by atoms with E-state index in [4.69, 9.17) is 4.74 Å². The van der Waals surface area contributed by atoms with Crippen LogP contribution < -0.4 is 15.6 Å². The molecule has 0 aliphatic heterocycles. The van der Waals surface area contributed by atoms with Gasteiger partial charge in [-0.25, -0.2) is 4.98 Å². The van der Waals surface area contributed by atoms with E-state index >= 15 is 0 Å². The topological polar surface area (TPSA) is 102 Å². The molecule has 1 amide bonds. The second-order valence-corrected chi connectivity index (χ2v) is 8.22. The van der Waals surface area contributed by atoms with Crippen LogP contribution in [0.2, 0.25) is 0 Å². The van der Waals surface area contributed by atoms with E-state index in [9.17, 15) is 9.59 Å². The molecule has 1 saturated carbocycles. The lowest BCUT2D eigenvalue weighted by atomic mass is 9.97. The van der Waals surface area contributed by atoms with Crippen LogP contribution in [-0.4, -0.2) is 31.8 Å². The van der Waals surface area contributed by atoms with Crippen LogP contribution in [0, 0.1) is 0 Å². The van der Waals surface area contributed by atoms with Crippen molar-refractivity contribution in [3.63, 3.8) is 0 Å². The van der Waals surface area contributed by atoms with E-state index in [0.29, 0.717) is 23.4 Å². The first kappa shape index (κ1) is 19.5. The van der Waals surface area contributed by atoms with E-state index in [0.717, 1.165) is 55.5 Å². The molecule has 2 aliphatic carbocycles. The number of para-hydroxylation sites is 1. The number of aromatic nitrogens is 4. The normalized spacial score (nSPS) is 16.4. The second kappa shape index (κ2) is 8.02. The van der Waals surface area contributed by atoms with Crippen molar-refractivity contribution < 1.29 is 9.53 Å².